The summed E-state index contributed by atoms with van der Waals surface area (Å²) in [6.07, 6.45) is 1.61. The van der Waals surface area contributed by atoms with E-state index in [0.717, 1.165) is 28.9 Å². The first-order chi connectivity index (χ1) is 14.9. The quantitative estimate of drug-likeness (QED) is 0.528. The van der Waals surface area contributed by atoms with Crippen LogP contribution in [0, 0.1) is 0 Å². The number of aliphatic hydroxyl groups is 1. The molecule has 1 fully saturated rings. The molecule has 2 aromatic carbocycles. The van der Waals surface area contributed by atoms with Crippen LogP contribution in [0.3, 0.4) is 0 Å². The van der Waals surface area contributed by atoms with Gasteiger partial charge in [-0.15, -0.1) is 0 Å². The molecule has 0 bridgehead atoms. The molecule has 0 saturated carbocycles. The molecule has 4 rings (SSSR count). The molecule has 2 N–H and O–H groups in total. The number of fused-ring (bicyclic) bond motifs is 2. The lowest BCUT2D eigenvalue weighted by molar-refractivity contribution is -0.133. The van der Waals surface area contributed by atoms with Gasteiger partial charge >= 0.3 is 6.03 Å². The number of hydrogen-bond acceptors (Lipinski definition) is 5. The van der Waals surface area contributed by atoms with Crippen molar-refractivity contribution in [1.29, 1.82) is 0 Å². The van der Waals surface area contributed by atoms with E-state index < -0.39 is 17.7 Å². The number of aryl methyl sites for hydroxylation is 1. The van der Waals surface area contributed by atoms with Crippen molar-refractivity contribution in [3.63, 3.8) is 0 Å². The lowest BCUT2D eigenvalue weighted by atomic mass is 9.76. The van der Waals surface area contributed by atoms with Gasteiger partial charge in [0.05, 0.1) is 6.54 Å². The number of benzene rings is 2. The number of amides is 3. The van der Waals surface area contributed by atoms with Gasteiger partial charge in [0, 0.05) is 12.0 Å². The van der Waals surface area contributed by atoms with Gasteiger partial charge in [-0.25, -0.2) is 4.79 Å². The zero-order chi connectivity index (χ0) is 22.0. The second kappa shape index (κ2) is 8.51. The van der Waals surface area contributed by atoms with E-state index >= 15 is 0 Å². The first-order valence-electron chi connectivity index (χ1n) is 10.6. The Balaban J connectivity index is 1.40. The summed E-state index contributed by atoms with van der Waals surface area (Å²) in [5.74, 6) is 0.219. The van der Waals surface area contributed by atoms with Crippen molar-refractivity contribution in [3.8, 4) is 5.75 Å². The predicted molar refractivity (Wildman–Crippen MR) is 114 cm³/mol. The fourth-order valence-electron chi connectivity index (χ4n) is 4.37. The van der Waals surface area contributed by atoms with Gasteiger partial charge in [0.15, 0.2) is 5.78 Å². The number of urea groups is 1. The largest absolute Gasteiger partial charge is 0.491 e. The minimum atomic E-state index is -1.05. The fourth-order valence-corrected chi connectivity index (χ4v) is 4.37. The maximum Gasteiger partial charge on any atom is 0.325 e. The minimum absolute atomic E-state index is 0.0448. The normalized spacial score (nSPS) is 21.0. The average molecular weight is 422 g/mol. The van der Waals surface area contributed by atoms with Gasteiger partial charge in [-0.1, -0.05) is 31.2 Å². The van der Waals surface area contributed by atoms with Crippen molar-refractivity contribution >= 4 is 17.7 Å². The van der Waals surface area contributed by atoms with E-state index in [1.54, 1.807) is 31.2 Å². The van der Waals surface area contributed by atoms with Crippen molar-refractivity contribution in [2.45, 2.75) is 44.2 Å². The highest BCUT2D eigenvalue weighted by Gasteiger charge is 2.54. The van der Waals surface area contributed by atoms with E-state index in [0.29, 0.717) is 24.2 Å². The summed E-state index contributed by atoms with van der Waals surface area (Å²) < 4.78 is 5.58. The van der Waals surface area contributed by atoms with Crippen LogP contribution in [0.4, 0.5) is 4.79 Å². The third-order valence-electron chi connectivity index (χ3n) is 5.98. The number of Topliss-reactive ketones (excluding diaryl/α,β-unsaturated/α-hetero) is 1. The molecule has 7 nitrogen and oxygen atoms in total. The van der Waals surface area contributed by atoms with Gasteiger partial charge < -0.3 is 15.2 Å². The third-order valence-corrected chi connectivity index (χ3v) is 5.98. The highest BCUT2D eigenvalue weighted by Crippen LogP contribution is 2.39. The molecule has 3 amide bonds. The standard InChI is InChI=1S/C24H26N2O5/c1-2-21(28)17-9-11-19(12-10-17)31-15-18(27)14-26-22(29)24(25-23(26)30)13-5-7-16-6-3-4-8-20(16)24/h3-4,6,8-12,18,27H,2,5,7,13-15H2,1H3,(H,25,30)/t18-,24-/m0/s1. The Labute approximate surface area is 181 Å². The molecule has 1 aliphatic heterocycles. The number of ketones is 1. The Kier molecular flexibility index (Phi) is 5.78. The van der Waals surface area contributed by atoms with Crippen LogP contribution >= 0.6 is 0 Å². The maximum atomic E-state index is 13.3. The molecule has 2 atom stereocenters. The molecule has 2 aliphatic rings. The molecular weight excluding hydrogens is 396 g/mol. The molecule has 1 spiro atoms. The summed E-state index contributed by atoms with van der Waals surface area (Å²) in [5.41, 5.74) is 1.47. The van der Waals surface area contributed by atoms with Crippen LogP contribution < -0.4 is 10.1 Å². The Morgan fingerprint density at radius 2 is 1.94 bits per heavy atom. The van der Waals surface area contributed by atoms with Crippen LogP contribution in [0.2, 0.25) is 0 Å². The second-order valence-corrected chi connectivity index (χ2v) is 8.03. The molecule has 1 heterocycles. The fraction of sp³-hybridized carbons (Fsp3) is 0.375. The van der Waals surface area contributed by atoms with Gasteiger partial charge in [0.1, 0.15) is 24.0 Å². The van der Waals surface area contributed by atoms with Crippen LogP contribution in [0.25, 0.3) is 0 Å². The summed E-state index contributed by atoms with van der Waals surface area (Å²) in [6, 6.07) is 13.9. The SMILES string of the molecule is CCC(=O)c1ccc(OC[C@@H](O)CN2C(=O)N[C@]3(CCCc4ccccc43)C2=O)cc1. The Hall–Kier alpha value is -3.19. The molecule has 1 saturated heterocycles. The number of nitrogens with one attached hydrogen (secondary N) is 1. The molecule has 7 heteroatoms. The van der Waals surface area contributed by atoms with E-state index in [1.807, 2.05) is 24.3 Å². The monoisotopic (exact) mass is 422 g/mol. The van der Waals surface area contributed by atoms with Crippen molar-refractivity contribution in [3.05, 3.63) is 65.2 Å². The summed E-state index contributed by atoms with van der Waals surface area (Å²) in [5, 5.41) is 13.3. The number of imide groups is 1. The van der Waals surface area contributed by atoms with Crippen molar-refractivity contribution in [2.75, 3.05) is 13.2 Å². The third kappa shape index (κ3) is 3.93. The number of aliphatic hydroxyl groups excluding tert-OH is 1. The summed E-state index contributed by atoms with van der Waals surface area (Å²) in [4.78, 5) is 38.6. The molecule has 1 aliphatic carbocycles. The summed E-state index contributed by atoms with van der Waals surface area (Å²) in [7, 11) is 0. The topological polar surface area (TPSA) is 95.9 Å². The van der Waals surface area contributed by atoms with Gasteiger partial charge in [0.25, 0.3) is 5.91 Å². The second-order valence-electron chi connectivity index (χ2n) is 8.03. The molecule has 0 radical (unpaired) electrons. The highest BCUT2D eigenvalue weighted by atomic mass is 16.5. The number of ether oxygens (including phenoxy) is 1. The van der Waals surface area contributed by atoms with Crippen molar-refractivity contribution < 1.29 is 24.2 Å². The van der Waals surface area contributed by atoms with Gasteiger partial charge in [0.2, 0.25) is 0 Å². The van der Waals surface area contributed by atoms with Crippen LogP contribution in [-0.4, -0.2) is 47.0 Å². The lowest BCUT2D eigenvalue weighted by Crippen LogP contribution is -2.47. The van der Waals surface area contributed by atoms with Crippen molar-refractivity contribution in [1.82, 2.24) is 10.2 Å². The van der Waals surface area contributed by atoms with Gasteiger partial charge in [-0.3, -0.25) is 14.5 Å². The van der Waals surface area contributed by atoms with Crippen LogP contribution in [0.1, 0.15) is 47.7 Å². The Bertz CT molecular complexity index is 1000. The zero-order valence-electron chi connectivity index (χ0n) is 17.5. The van der Waals surface area contributed by atoms with Crippen LogP contribution in [-0.2, 0) is 16.8 Å². The Morgan fingerprint density at radius 3 is 2.68 bits per heavy atom. The van der Waals surface area contributed by atoms with E-state index in [9.17, 15) is 19.5 Å². The first-order valence-corrected chi connectivity index (χ1v) is 10.6. The van der Waals surface area contributed by atoms with Gasteiger partial charge in [-0.05, 0) is 54.7 Å². The molecule has 2 aromatic rings. The molecule has 0 aromatic heterocycles. The number of rotatable bonds is 7. The molecular formula is C24H26N2O5. The summed E-state index contributed by atoms with van der Waals surface area (Å²) >= 11 is 0. The highest BCUT2D eigenvalue weighted by molar-refractivity contribution is 6.07. The molecule has 162 valence electrons. The number of carbonyl (C=O) groups is 3. The predicted octanol–water partition coefficient (Wildman–Crippen LogP) is 2.80. The van der Waals surface area contributed by atoms with Crippen molar-refractivity contribution in [2.24, 2.45) is 0 Å². The van der Waals surface area contributed by atoms with E-state index in [1.165, 1.54) is 0 Å². The Morgan fingerprint density at radius 1 is 1.19 bits per heavy atom. The lowest BCUT2D eigenvalue weighted by Gasteiger charge is -2.33. The maximum absolute atomic E-state index is 13.3. The van der Waals surface area contributed by atoms with E-state index in [4.69, 9.17) is 4.74 Å². The summed E-state index contributed by atoms with van der Waals surface area (Å²) in [6.45, 7) is 1.57. The minimum Gasteiger partial charge on any atom is -0.491 e. The first kappa shape index (κ1) is 21.1. The number of carbonyl (C=O) groups excluding carboxylic acids is 3. The number of hydrogen-bond donors (Lipinski definition) is 2. The number of nitrogens with zero attached hydrogens (tertiary/aromatic N) is 1. The molecule has 31 heavy (non-hydrogen) atoms. The van der Waals surface area contributed by atoms with E-state index in [-0.39, 0.29) is 24.8 Å². The average Bonchev–Trinajstić information content (AvgIpc) is 3.02. The van der Waals surface area contributed by atoms with Crippen LogP contribution in [0.15, 0.2) is 48.5 Å². The van der Waals surface area contributed by atoms with Gasteiger partial charge in [-0.2, -0.15) is 0 Å². The number of β-amino-alcohol motifs (C(OH)–C–C–N with tert-alkyl or cyclic N) is 1. The zero-order valence-corrected chi connectivity index (χ0v) is 17.5. The van der Waals surface area contributed by atoms with Crippen LogP contribution in [0.5, 0.6) is 5.75 Å². The smallest absolute Gasteiger partial charge is 0.325 e. The molecule has 0 unspecified atom stereocenters. The van der Waals surface area contributed by atoms with E-state index in [2.05, 4.69) is 5.32 Å².